The Labute approximate surface area is 266 Å². The number of anilines is 1. The fraction of sp³-hybridized carbons (Fsp3) is 0.333. The highest BCUT2D eigenvalue weighted by atomic mass is 35.5. The Kier molecular flexibility index (Phi) is 11.1. The molecule has 12 heteroatoms. The molecule has 224 valence electrons. The highest BCUT2D eigenvalue weighted by Gasteiger charge is 2.34. The third-order valence-electron chi connectivity index (χ3n) is 7.18. The van der Waals surface area contributed by atoms with Crippen LogP contribution >= 0.6 is 46.4 Å². The van der Waals surface area contributed by atoms with Crippen molar-refractivity contribution < 1.29 is 18.0 Å². The molecule has 0 saturated heterocycles. The molecule has 3 aromatic carbocycles. The van der Waals surface area contributed by atoms with Crippen LogP contribution in [-0.2, 0) is 32.6 Å². The zero-order chi connectivity index (χ0) is 30.4. The van der Waals surface area contributed by atoms with E-state index in [4.69, 9.17) is 46.4 Å². The van der Waals surface area contributed by atoms with Gasteiger partial charge in [0.2, 0.25) is 21.8 Å². The summed E-state index contributed by atoms with van der Waals surface area (Å²) < 4.78 is 26.8. The van der Waals surface area contributed by atoms with Gasteiger partial charge in [0.15, 0.2) is 0 Å². The minimum Gasteiger partial charge on any atom is -0.352 e. The molecule has 4 rings (SSSR count). The smallest absolute Gasteiger partial charge is 0.244 e. The van der Waals surface area contributed by atoms with Crippen molar-refractivity contribution in [3.63, 3.8) is 0 Å². The van der Waals surface area contributed by atoms with E-state index in [1.54, 1.807) is 24.3 Å². The van der Waals surface area contributed by atoms with E-state index in [2.05, 4.69) is 5.32 Å². The molecule has 1 fully saturated rings. The van der Waals surface area contributed by atoms with Crippen LogP contribution in [0.3, 0.4) is 0 Å². The molecule has 1 atom stereocenters. The Hall–Kier alpha value is -2.49. The Morgan fingerprint density at radius 2 is 1.50 bits per heavy atom. The van der Waals surface area contributed by atoms with Crippen molar-refractivity contribution in [2.75, 3.05) is 17.1 Å². The molecule has 0 aliphatic heterocycles. The second kappa shape index (κ2) is 14.3. The SMILES string of the molecule is CS(=O)(=O)N(CC(=O)N(Cc1ccc(Cl)cc1)[C@@H](Cc1ccccc1)C(=O)NC1CCCC1)c1cc(Cl)c(Cl)cc1Cl. The Bertz CT molecular complexity index is 1520. The lowest BCUT2D eigenvalue weighted by Crippen LogP contribution is -2.54. The van der Waals surface area contributed by atoms with Gasteiger partial charge < -0.3 is 10.2 Å². The van der Waals surface area contributed by atoms with E-state index >= 15 is 0 Å². The van der Waals surface area contributed by atoms with Gasteiger partial charge in [-0.15, -0.1) is 0 Å². The number of carbonyl (C=O) groups excluding carboxylic acids is 2. The first-order chi connectivity index (χ1) is 19.9. The van der Waals surface area contributed by atoms with Crippen molar-refractivity contribution in [1.29, 1.82) is 0 Å². The van der Waals surface area contributed by atoms with Gasteiger partial charge in [-0.05, 0) is 48.2 Å². The lowest BCUT2D eigenvalue weighted by Gasteiger charge is -2.34. The molecule has 0 spiro atoms. The molecule has 1 saturated carbocycles. The number of halogens is 4. The lowest BCUT2D eigenvalue weighted by molar-refractivity contribution is -0.140. The number of sulfonamides is 1. The van der Waals surface area contributed by atoms with E-state index in [0.29, 0.717) is 5.02 Å². The molecular weight excluding hydrogens is 640 g/mol. The second-order valence-electron chi connectivity index (χ2n) is 10.3. The highest BCUT2D eigenvalue weighted by Crippen LogP contribution is 2.36. The van der Waals surface area contributed by atoms with Gasteiger partial charge in [-0.25, -0.2) is 8.42 Å². The van der Waals surface area contributed by atoms with Gasteiger partial charge in [-0.3, -0.25) is 13.9 Å². The van der Waals surface area contributed by atoms with Crippen LogP contribution in [0.2, 0.25) is 20.1 Å². The Morgan fingerprint density at radius 3 is 2.12 bits per heavy atom. The van der Waals surface area contributed by atoms with E-state index in [1.807, 2.05) is 30.3 Å². The third-order valence-corrected chi connectivity index (χ3v) is 9.58. The molecule has 42 heavy (non-hydrogen) atoms. The van der Waals surface area contributed by atoms with Crippen LogP contribution in [0.5, 0.6) is 0 Å². The van der Waals surface area contributed by atoms with Crippen molar-refractivity contribution in [2.24, 2.45) is 0 Å². The van der Waals surface area contributed by atoms with Gasteiger partial charge in [-0.2, -0.15) is 0 Å². The summed E-state index contributed by atoms with van der Waals surface area (Å²) in [4.78, 5) is 29.5. The highest BCUT2D eigenvalue weighted by molar-refractivity contribution is 7.92. The third kappa shape index (κ3) is 8.54. The zero-order valence-corrected chi connectivity index (χ0v) is 26.7. The monoisotopic (exact) mass is 669 g/mol. The Morgan fingerprint density at radius 1 is 0.881 bits per heavy atom. The van der Waals surface area contributed by atoms with Crippen LogP contribution in [0.4, 0.5) is 5.69 Å². The Balaban J connectivity index is 1.75. The summed E-state index contributed by atoms with van der Waals surface area (Å²) in [5.74, 6) is -0.897. The summed E-state index contributed by atoms with van der Waals surface area (Å²) in [5.41, 5.74) is 1.58. The van der Waals surface area contributed by atoms with Crippen molar-refractivity contribution in [1.82, 2.24) is 10.2 Å². The fourth-order valence-electron chi connectivity index (χ4n) is 5.01. The van der Waals surface area contributed by atoms with Crippen molar-refractivity contribution in [3.8, 4) is 0 Å². The van der Waals surface area contributed by atoms with Crippen LogP contribution in [0.15, 0.2) is 66.7 Å². The van der Waals surface area contributed by atoms with E-state index in [1.165, 1.54) is 17.0 Å². The first-order valence-electron chi connectivity index (χ1n) is 13.4. The van der Waals surface area contributed by atoms with Crippen LogP contribution in [-0.4, -0.2) is 50.0 Å². The van der Waals surface area contributed by atoms with E-state index in [0.717, 1.165) is 47.4 Å². The number of amides is 2. The largest absolute Gasteiger partial charge is 0.352 e. The molecule has 7 nitrogen and oxygen atoms in total. The quantitative estimate of drug-likeness (QED) is 0.228. The van der Waals surface area contributed by atoms with Crippen LogP contribution in [0.25, 0.3) is 0 Å². The van der Waals surface area contributed by atoms with Crippen LogP contribution in [0.1, 0.15) is 36.8 Å². The molecule has 3 aromatic rings. The molecule has 0 radical (unpaired) electrons. The van der Waals surface area contributed by atoms with Crippen molar-refractivity contribution in [3.05, 3.63) is 97.9 Å². The minimum absolute atomic E-state index is 0.00313. The molecule has 2 amide bonds. The molecular formula is C30H31Cl4N3O4S. The molecule has 1 aliphatic carbocycles. The standard InChI is InChI=1S/C30H31Cl4N3O4S/c1-42(40,41)37(27-17-25(33)24(32)16-26(27)34)19-29(38)36(18-21-11-13-22(31)14-12-21)28(15-20-7-3-2-4-8-20)30(39)35-23-9-5-6-10-23/h2-4,7-8,11-14,16-17,23,28H,5-6,9-10,15,18-19H2,1H3,(H,35,39)/t28-/m0/s1. The summed E-state index contributed by atoms with van der Waals surface area (Å²) in [6.45, 7) is -0.579. The second-order valence-corrected chi connectivity index (χ2v) is 13.9. The van der Waals surface area contributed by atoms with Crippen molar-refractivity contribution >= 4 is 73.9 Å². The van der Waals surface area contributed by atoms with Gasteiger partial charge in [-0.1, -0.05) is 102 Å². The maximum Gasteiger partial charge on any atom is 0.244 e. The van der Waals surface area contributed by atoms with Crippen LogP contribution < -0.4 is 9.62 Å². The number of rotatable bonds is 11. The average molecular weight is 671 g/mol. The molecule has 0 bridgehead atoms. The fourth-order valence-corrected chi connectivity index (χ4v) is 6.68. The molecule has 0 heterocycles. The number of hydrogen-bond acceptors (Lipinski definition) is 4. The number of nitrogens with one attached hydrogen (secondary N) is 1. The summed E-state index contributed by atoms with van der Waals surface area (Å²) in [7, 11) is -4.02. The number of nitrogens with zero attached hydrogens (tertiary/aromatic N) is 2. The van der Waals surface area contributed by atoms with E-state index in [9.17, 15) is 18.0 Å². The maximum atomic E-state index is 14.2. The average Bonchev–Trinajstić information content (AvgIpc) is 3.45. The minimum atomic E-state index is -4.02. The van der Waals surface area contributed by atoms with Gasteiger partial charge in [0.1, 0.15) is 12.6 Å². The molecule has 0 aromatic heterocycles. The molecule has 1 N–H and O–H groups in total. The zero-order valence-electron chi connectivity index (χ0n) is 22.9. The summed E-state index contributed by atoms with van der Waals surface area (Å²) in [6, 6.07) is 18.0. The van der Waals surface area contributed by atoms with E-state index in [-0.39, 0.29) is 45.7 Å². The topological polar surface area (TPSA) is 86.8 Å². The molecule has 0 unspecified atom stereocenters. The number of carbonyl (C=O) groups is 2. The first kappa shape index (κ1) is 32.4. The number of hydrogen-bond donors (Lipinski definition) is 1. The predicted octanol–water partition coefficient (Wildman–Crippen LogP) is 6.77. The molecule has 1 aliphatic rings. The van der Waals surface area contributed by atoms with Crippen LogP contribution in [0, 0.1) is 0 Å². The normalized spacial score (nSPS) is 14.4. The maximum absolute atomic E-state index is 14.2. The van der Waals surface area contributed by atoms with Gasteiger partial charge in [0, 0.05) is 24.0 Å². The van der Waals surface area contributed by atoms with Crippen molar-refractivity contribution in [2.45, 2.75) is 50.7 Å². The summed E-state index contributed by atoms with van der Waals surface area (Å²) in [5, 5.41) is 3.87. The lowest BCUT2D eigenvalue weighted by atomic mass is 10.0. The number of benzene rings is 3. The van der Waals surface area contributed by atoms with E-state index < -0.39 is 28.5 Å². The summed E-state index contributed by atoms with van der Waals surface area (Å²) >= 11 is 24.7. The summed E-state index contributed by atoms with van der Waals surface area (Å²) in [6.07, 6.45) is 4.98. The van der Waals surface area contributed by atoms with Gasteiger partial charge in [0.25, 0.3) is 0 Å². The first-order valence-corrected chi connectivity index (χ1v) is 16.8. The van der Waals surface area contributed by atoms with Gasteiger partial charge in [0.05, 0.1) is 27.0 Å². The predicted molar refractivity (Wildman–Crippen MR) is 170 cm³/mol. The van der Waals surface area contributed by atoms with Gasteiger partial charge >= 0.3 is 0 Å².